The van der Waals surface area contributed by atoms with E-state index in [0.29, 0.717) is 5.52 Å². The van der Waals surface area contributed by atoms with E-state index >= 15 is 0 Å². The summed E-state index contributed by atoms with van der Waals surface area (Å²) in [6.45, 7) is 9.27. The van der Waals surface area contributed by atoms with Crippen LogP contribution in [0.15, 0.2) is 24.3 Å². The van der Waals surface area contributed by atoms with E-state index in [1.54, 1.807) is 39.8 Å². The van der Waals surface area contributed by atoms with Gasteiger partial charge in [0.15, 0.2) is 0 Å². The first-order valence-corrected chi connectivity index (χ1v) is 7.25. The van der Waals surface area contributed by atoms with Crippen LogP contribution in [0.1, 0.15) is 43.7 Å². The second-order valence-electron chi connectivity index (χ2n) is 6.13. The van der Waals surface area contributed by atoms with Gasteiger partial charge in [0.1, 0.15) is 11.3 Å². The fourth-order valence-electron chi connectivity index (χ4n) is 2.19. The second kappa shape index (κ2) is 5.83. The van der Waals surface area contributed by atoms with Gasteiger partial charge in [-0.05, 0) is 52.8 Å². The van der Waals surface area contributed by atoms with E-state index in [9.17, 15) is 9.59 Å². The lowest BCUT2D eigenvalue weighted by Gasteiger charge is -2.20. The van der Waals surface area contributed by atoms with Gasteiger partial charge in [0.05, 0.1) is 12.1 Å². The molecule has 22 heavy (non-hydrogen) atoms. The van der Waals surface area contributed by atoms with E-state index in [2.05, 4.69) is 0 Å². The minimum Gasteiger partial charge on any atom is -0.461 e. The lowest BCUT2D eigenvalue weighted by molar-refractivity contribution is 0.0454. The Bertz CT molecular complexity index is 722. The van der Waals surface area contributed by atoms with E-state index in [1.165, 1.54) is 4.57 Å². The van der Waals surface area contributed by atoms with E-state index in [0.717, 1.165) is 10.9 Å². The molecule has 2 rings (SSSR count). The Morgan fingerprint density at radius 1 is 1.18 bits per heavy atom. The SMILES string of the molecule is CCOC(=O)c1cc2cc(C)ccc2n1C(=O)OC(C)(C)C. The van der Waals surface area contributed by atoms with Gasteiger partial charge in [-0.1, -0.05) is 11.6 Å². The summed E-state index contributed by atoms with van der Waals surface area (Å²) in [4.78, 5) is 24.6. The number of fused-ring (bicyclic) bond motifs is 1. The Kier molecular flexibility index (Phi) is 4.26. The maximum Gasteiger partial charge on any atom is 0.419 e. The Hall–Kier alpha value is -2.30. The Balaban J connectivity index is 2.59. The second-order valence-corrected chi connectivity index (χ2v) is 6.13. The quantitative estimate of drug-likeness (QED) is 0.789. The molecule has 0 atom stereocenters. The van der Waals surface area contributed by atoms with Crippen molar-refractivity contribution in [2.45, 2.75) is 40.2 Å². The fourth-order valence-corrected chi connectivity index (χ4v) is 2.19. The van der Waals surface area contributed by atoms with Crippen LogP contribution >= 0.6 is 0 Å². The number of aromatic nitrogens is 1. The molecule has 5 nitrogen and oxygen atoms in total. The van der Waals surface area contributed by atoms with Crippen molar-refractivity contribution in [2.24, 2.45) is 0 Å². The monoisotopic (exact) mass is 303 g/mol. The zero-order valence-electron chi connectivity index (χ0n) is 13.6. The number of carbonyl (C=O) groups is 2. The Morgan fingerprint density at radius 2 is 1.86 bits per heavy atom. The largest absolute Gasteiger partial charge is 0.461 e. The lowest BCUT2D eigenvalue weighted by Crippen LogP contribution is -2.29. The maximum absolute atomic E-state index is 12.5. The molecule has 0 aliphatic rings. The molecule has 0 fully saturated rings. The van der Waals surface area contributed by atoms with Crippen LogP contribution in [-0.4, -0.2) is 28.8 Å². The number of esters is 1. The molecule has 0 radical (unpaired) electrons. The standard InChI is InChI=1S/C17H21NO4/c1-6-21-15(19)14-10-12-9-11(2)7-8-13(12)18(14)16(20)22-17(3,4)5/h7-10H,6H2,1-5H3. The molecule has 0 unspecified atom stereocenters. The predicted molar refractivity (Wildman–Crippen MR) is 84.3 cm³/mol. The van der Waals surface area contributed by atoms with Crippen molar-refractivity contribution in [1.29, 1.82) is 0 Å². The molecular formula is C17H21NO4. The number of aryl methyl sites for hydroxylation is 1. The van der Waals surface area contributed by atoms with Crippen molar-refractivity contribution in [3.8, 4) is 0 Å². The summed E-state index contributed by atoms with van der Waals surface area (Å²) in [6, 6.07) is 7.26. The third-order valence-corrected chi connectivity index (χ3v) is 3.02. The van der Waals surface area contributed by atoms with Crippen molar-refractivity contribution >= 4 is 23.0 Å². The summed E-state index contributed by atoms with van der Waals surface area (Å²) in [7, 11) is 0. The van der Waals surface area contributed by atoms with Crippen molar-refractivity contribution in [3.05, 3.63) is 35.5 Å². The average Bonchev–Trinajstić information content (AvgIpc) is 2.75. The average molecular weight is 303 g/mol. The van der Waals surface area contributed by atoms with Crippen molar-refractivity contribution < 1.29 is 19.1 Å². The van der Waals surface area contributed by atoms with Crippen molar-refractivity contribution in [1.82, 2.24) is 4.57 Å². The number of hydrogen-bond acceptors (Lipinski definition) is 4. The smallest absolute Gasteiger partial charge is 0.419 e. The topological polar surface area (TPSA) is 57.5 Å². The maximum atomic E-state index is 12.5. The summed E-state index contributed by atoms with van der Waals surface area (Å²) in [5.41, 5.74) is 1.20. The minimum atomic E-state index is -0.649. The lowest BCUT2D eigenvalue weighted by atomic mass is 10.2. The molecule has 2 aromatic rings. The molecule has 0 saturated heterocycles. The third-order valence-electron chi connectivity index (χ3n) is 3.02. The number of ether oxygens (including phenoxy) is 2. The Labute approximate surface area is 129 Å². The van der Waals surface area contributed by atoms with E-state index in [-0.39, 0.29) is 12.3 Å². The zero-order valence-corrected chi connectivity index (χ0v) is 13.6. The first-order valence-electron chi connectivity index (χ1n) is 7.25. The normalized spacial score (nSPS) is 11.5. The summed E-state index contributed by atoms with van der Waals surface area (Å²) in [5.74, 6) is -0.540. The van der Waals surface area contributed by atoms with Crippen LogP contribution in [0.4, 0.5) is 4.79 Å². The number of rotatable bonds is 2. The van der Waals surface area contributed by atoms with Gasteiger partial charge in [-0.3, -0.25) is 0 Å². The minimum absolute atomic E-state index is 0.178. The molecule has 1 aromatic carbocycles. The number of carbonyl (C=O) groups excluding carboxylic acids is 2. The van der Waals surface area contributed by atoms with Gasteiger partial charge < -0.3 is 9.47 Å². The van der Waals surface area contributed by atoms with Gasteiger partial charge in [0.2, 0.25) is 0 Å². The van der Waals surface area contributed by atoms with Gasteiger partial charge >= 0.3 is 12.1 Å². The predicted octanol–water partition coefficient (Wildman–Crippen LogP) is 3.91. The summed E-state index contributed by atoms with van der Waals surface area (Å²) >= 11 is 0. The van der Waals surface area contributed by atoms with Gasteiger partial charge in [0, 0.05) is 5.39 Å². The van der Waals surface area contributed by atoms with Crippen LogP contribution in [0.25, 0.3) is 10.9 Å². The molecule has 0 spiro atoms. The molecule has 0 bridgehead atoms. The number of hydrogen-bond donors (Lipinski definition) is 0. The highest BCUT2D eigenvalue weighted by atomic mass is 16.6. The van der Waals surface area contributed by atoms with E-state index < -0.39 is 17.7 Å². The van der Waals surface area contributed by atoms with Gasteiger partial charge in [-0.2, -0.15) is 0 Å². The fraction of sp³-hybridized carbons (Fsp3) is 0.412. The van der Waals surface area contributed by atoms with Gasteiger partial charge in [0.25, 0.3) is 0 Å². The van der Waals surface area contributed by atoms with E-state index in [1.807, 2.05) is 19.1 Å². The van der Waals surface area contributed by atoms with Crippen LogP contribution in [-0.2, 0) is 9.47 Å². The molecule has 0 aliphatic carbocycles. The summed E-state index contributed by atoms with van der Waals surface area (Å²) in [5, 5.41) is 0.800. The van der Waals surface area contributed by atoms with Crippen LogP contribution in [0, 0.1) is 6.92 Å². The van der Waals surface area contributed by atoms with Crippen molar-refractivity contribution in [3.63, 3.8) is 0 Å². The van der Waals surface area contributed by atoms with Crippen LogP contribution < -0.4 is 0 Å². The first kappa shape index (κ1) is 16.1. The molecule has 5 heteroatoms. The zero-order chi connectivity index (χ0) is 16.5. The molecule has 0 saturated carbocycles. The number of nitrogens with zero attached hydrogens (tertiary/aromatic N) is 1. The number of benzene rings is 1. The molecule has 1 aromatic heterocycles. The summed E-state index contributed by atoms with van der Waals surface area (Å²) in [6.07, 6.45) is -0.589. The van der Waals surface area contributed by atoms with Crippen LogP contribution in [0.2, 0.25) is 0 Å². The van der Waals surface area contributed by atoms with E-state index in [4.69, 9.17) is 9.47 Å². The van der Waals surface area contributed by atoms with Crippen LogP contribution in [0.3, 0.4) is 0 Å². The van der Waals surface area contributed by atoms with Gasteiger partial charge in [-0.15, -0.1) is 0 Å². The highest BCUT2D eigenvalue weighted by Crippen LogP contribution is 2.23. The van der Waals surface area contributed by atoms with Crippen molar-refractivity contribution in [2.75, 3.05) is 6.61 Å². The molecule has 0 amide bonds. The molecule has 118 valence electrons. The molecule has 0 aliphatic heterocycles. The third kappa shape index (κ3) is 3.30. The molecule has 1 heterocycles. The van der Waals surface area contributed by atoms with Gasteiger partial charge in [-0.25, -0.2) is 14.2 Å². The first-order chi connectivity index (χ1) is 10.2. The molecule has 0 N–H and O–H groups in total. The van der Waals surface area contributed by atoms with Crippen LogP contribution in [0.5, 0.6) is 0 Å². The summed E-state index contributed by atoms with van der Waals surface area (Å²) < 4.78 is 11.7. The highest BCUT2D eigenvalue weighted by molar-refractivity contribution is 6.01. The molecular weight excluding hydrogens is 282 g/mol. The highest BCUT2D eigenvalue weighted by Gasteiger charge is 2.25. The Morgan fingerprint density at radius 3 is 2.45 bits per heavy atom.